The molecule has 0 aliphatic heterocycles. The number of aromatic nitrogens is 2. The quantitative estimate of drug-likeness (QED) is 0.287. The van der Waals surface area contributed by atoms with E-state index < -0.39 is 17.7 Å². The van der Waals surface area contributed by atoms with Crippen molar-refractivity contribution in [2.75, 3.05) is 13.2 Å². The molecule has 0 fully saturated rings. The van der Waals surface area contributed by atoms with Crippen LogP contribution in [-0.4, -0.2) is 23.2 Å². The van der Waals surface area contributed by atoms with E-state index in [1.807, 2.05) is 37.3 Å². The van der Waals surface area contributed by atoms with Crippen LogP contribution in [0, 0.1) is 17.6 Å². The number of ether oxygens (including phenoxy) is 3. The van der Waals surface area contributed by atoms with Crippen LogP contribution in [-0.2, 0) is 11.3 Å². The summed E-state index contributed by atoms with van der Waals surface area (Å²) in [5, 5.41) is 0. The Bertz CT molecular complexity index is 1240. The standard InChI is InChI=1S/C27H28F2N2O3/c1-4-32-22-10-12-24-25(14-22)31-27(30-24)26(34-15-17(2)3)18-5-8-21(9-6-18)33-16-19-13-20(28)7-11-23(19)29/h5-14,17,26H,4,15-16H2,1-3H3,(H,30,31). The van der Waals surface area contributed by atoms with Crippen LogP contribution >= 0.6 is 0 Å². The number of fused-ring (bicyclic) bond motifs is 1. The van der Waals surface area contributed by atoms with Crippen molar-refractivity contribution in [2.45, 2.75) is 33.5 Å². The van der Waals surface area contributed by atoms with E-state index in [-0.39, 0.29) is 12.2 Å². The lowest BCUT2D eigenvalue weighted by molar-refractivity contribution is 0.0555. The number of nitrogens with one attached hydrogen (secondary N) is 1. The molecule has 4 aromatic rings. The van der Waals surface area contributed by atoms with Crippen LogP contribution in [0.4, 0.5) is 8.78 Å². The van der Waals surface area contributed by atoms with Gasteiger partial charge in [-0.05, 0) is 60.9 Å². The van der Waals surface area contributed by atoms with Crippen molar-refractivity contribution in [3.8, 4) is 11.5 Å². The predicted molar refractivity (Wildman–Crippen MR) is 127 cm³/mol. The molecule has 4 rings (SSSR count). The number of aromatic amines is 1. The van der Waals surface area contributed by atoms with Gasteiger partial charge >= 0.3 is 0 Å². The molecule has 1 atom stereocenters. The highest BCUT2D eigenvalue weighted by atomic mass is 19.1. The van der Waals surface area contributed by atoms with Crippen molar-refractivity contribution < 1.29 is 23.0 Å². The van der Waals surface area contributed by atoms with Crippen LogP contribution in [0.5, 0.6) is 11.5 Å². The van der Waals surface area contributed by atoms with Gasteiger partial charge in [0, 0.05) is 11.6 Å². The zero-order valence-corrected chi connectivity index (χ0v) is 19.5. The van der Waals surface area contributed by atoms with Gasteiger partial charge in [-0.15, -0.1) is 0 Å². The summed E-state index contributed by atoms with van der Waals surface area (Å²) in [4.78, 5) is 8.12. The SMILES string of the molecule is CCOc1ccc2[nH]c(C(OCC(C)C)c3ccc(OCc4cc(F)ccc4F)cc3)nc2c1. The van der Waals surface area contributed by atoms with Crippen LogP contribution < -0.4 is 9.47 Å². The fourth-order valence-corrected chi connectivity index (χ4v) is 3.56. The van der Waals surface area contributed by atoms with Crippen molar-refractivity contribution in [1.29, 1.82) is 0 Å². The van der Waals surface area contributed by atoms with Crippen LogP contribution in [0.1, 0.15) is 43.8 Å². The number of imidazole rings is 1. The Morgan fingerprint density at radius 2 is 1.68 bits per heavy atom. The van der Waals surface area contributed by atoms with Crippen molar-refractivity contribution in [1.82, 2.24) is 9.97 Å². The minimum absolute atomic E-state index is 0.0675. The van der Waals surface area contributed by atoms with E-state index >= 15 is 0 Å². The summed E-state index contributed by atoms with van der Waals surface area (Å²) in [6.07, 6.45) is -0.403. The highest BCUT2D eigenvalue weighted by molar-refractivity contribution is 5.77. The first-order valence-electron chi connectivity index (χ1n) is 11.3. The van der Waals surface area contributed by atoms with Gasteiger partial charge in [-0.25, -0.2) is 13.8 Å². The van der Waals surface area contributed by atoms with Gasteiger partial charge < -0.3 is 19.2 Å². The average molecular weight is 467 g/mol. The lowest BCUT2D eigenvalue weighted by atomic mass is 10.1. The van der Waals surface area contributed by atoms with Gasteiger partial charge in [-0.1, -0.05) is 26.0 Å². The lowest BCUT2D eigenvalue weighted by Crippen LogP contribution is -2.12. The Morgan fingerprint density at radius 3 is 2.41 bits per heavy atom. The van der Waals surface area contributed by atoms with E-state index in [1.165, 1.54) is 0 Å². The molecule has 1 heterocycles. The van der Waals surface area contributed by atoms with Gasteiger partial charge in [0.1, 0.15) is 41.7 Å². The number of rotatable bonds is 10. The van der Waals surface area contributed by atoms with E-state index in [2.05, 4.69) is 18.8 Å². The van der Waals surface area contributed by atoms with Crippen LogP contribution in [0.3, 0.4) is 0 Å². The second-order valence-corrected chi connectivity index (χ2v) is 8.43. The van der Waals surface area contributed by atoms with E-state index in [0.29, 0.717) is 30.7 Å². The molecule has 0 saturated heterocycles. The van der Waals surface area contributed by atoms with Crippen LogP contribution in [0.2, 0.25) is 0 Å². The molecule has 5 nitrogen and oxygen atoms in total. The van der Waals surface area contributed by atoms with Crippen molar-refractivity contribution in [2.24, 2.45) is 5.92 Å². The van der Waals surface area contributed by atoms with E-state index in [0.717, 1.165) is 40.5 Å². The summed E-state index contributed by atoms with van der Waals surface area (Å²) in [7, 11) is 0. The zero-order valence-electron chi connectivity index (χ0n) is 19.5. The summed E-state index contributed by atoms with van der Waals surface area (Å²) < 4.78 is 44.7. The second-order valence-electron chi connectivity index (χ2n) is 8.43. The molecule has 0 saturated carbocycles. The fraction of sp³-hybridized carbons (Fsp3) is 0.296. The molecule has 1 aromatic heterocycles. The van der Waals surface area contributed by atoms with Crippen LogP contribution in [0.25, 0.3) is 11.0 Å². The smallest absolute Gasteiger partial charge is 0.141 e. The maximum atomic E-state index is 13.9. The summed E-state index contributed by atoms with van der Waals surface area (Å²) in [6.45, 7) is 7.20. The molecule has 1 N–H and O–H groups in total. The van der Waals surface area contributed by atoms with Crippen molar-refractivity contribution >= 4 is 11.0 Å². The Kier molecular flexibility index (Phi) is 7.43. The molecule has 34 heavy (non-hydrogen) atoms. The molecule has 7 heteroatoms. The number of hydrogen-bond donors (Lipinski definition) is 1. The number of hydrogen-bond acceptors (Lipinski definition) is 4. The molecule has 0 amide bonds. The van der Waals surface area contributed by atoms with Crippen molar-refractivity contribution in [3.63, 3.8) is 0 Å². The molecule has 0 radical (unpaired) electrons. The molecule has 0 bridgehead atoms. The minimum atomic E-state index is -0.502. The second kappa shape index (κ2) is 10.7. The largest absolute Gasteiger partial charge is 0.494 e. The van der Waals surface area contributed by atoms with E-state index in [9.17, 15) is 8.78 Å². The Labute approximate surface area is 197 Å². The highest BCUT2D eigenvalue weighted by Gasteiger charge is 2.20. The molecular formula is C27H28F2N2O3. The normalized spacial score (nSPS) is 12.3. The fourth-order valence-electron chi connectivity index (χ4n) is 3.56. The molecule has 178 valence electrons. The summed E-state index contributed by atoms with van der Waals surface area (Å²) >= 11 is 0. The van der Waals surface area contributed by atoms with Crippen molar-refractivity contribution in [3.05, 3.63) is 89.2 Å². The third-order valence-electron chi connectivity index (χ3n) is 5.21. The number of H-pyrrole nitrogens is 1. The Balaban J connectivity index is 1.55. The molecule has 1 unspecified atom stereocenters. The third kappa shape index (κ3) is 5.72. The average Bonchev–Trinajstić information content (AvgIpc) is 3.23. The summed E-state index contributed by atoms with van der Waals surface area (Å²) in [5.41, 5.74) is 2.76. The van der Waals surface area contributed by atoms with Gasteiger partial charge in [0.05, 0.1) is 24.2 Å². The molecule has 3 aromatic carbocycles. The van der Waals surface area contributed by atoms with Gasteiger partial charge in [0.15, 0.2) is 0 Å². The summed E-state index contributed by atoms with van der Waals surface area (Å²) in [5.74, 6) is 1.35. The first-order chi connectivity index (χ1) is 16.4. The van der Waals surface area contributed by atoms with Gasteiger partial charge in [0.2, 0.25) is 0 Å². The Morgan fingerprint density at radius 1 is 0.912 bits per heavy atom. The topological polar surface area (TPSA) is 56.4 Å². The third-order valence-corrected chi connectivity index (χ3v) is 5.21. The van der Waals surface area contributed by atoms with Gasteiger partial charge in [0.25, 0.3) is 0 Å². The maximum absolute atomic E-state index is 13.9. The number of halogens is 2. The molecule has 0 aliphatic carbocycles. The zero-order chi connectivity index (χ0) is 24.1. The molecule has 0 aliphatic rings. The Hall–Kier alpha value is -3.45. The van der Waals surface area contributed by atoms with Crippen LogP contribution in [0.15, 0.2) is 60.7 Å². The molecule has 0 spiro atoms. The van der Waals surface area contributed by atoms with E-state index in [4.69, 9.17) is 19.2 Å². The number of benzene rings is 3. The predicted octanol–water partition coefficient (Wildman–Crippen LogP) is 6.58. The first-order valence-corrected chi connectivity index (χ1v) is 11.3. The maximum Gasteiger partial charge on any atom is 0.141 e. The first kappa shape index (κ1) is 23.7. The van der Waals surface area contributed by atoms with Gasteiger partial charge in [-0.3, -0.25) is 0 Å². The monoisotopic (exact) mass is 466 g/mol. The molecular weight excluding hydrogens is 438 g/mol. The minimum Gasteiger partial charge on any atom is -0.494 e. The highest BCUT2D eigenvalue weighted by Crippen LogP contribution is 2.29. The summed E-state index contributed by atoms with van der Waals surface area (Å²) in [6, 6.07) is 16.4. The van der Waals surface area contributed by atoms with E-state index in [1.54, 1.807) is 12.1 Å². The lowest BCUT2D eigenvalue weighted by Gasteiger charge is -2.18. The van der Waals surface area contributed by atoms with Gasteiger partial charge in [-0.2, -0.15) is 0 Å². The number of nitrogens with zero attached hydrogens (tertiary/aromatic N) is 1.